The van der Waals surface area contributed by atoms with E-state index in [1.807, 2.05) is 72.8 Å². The summed E-state index contributed by atoms with van der Waals surface area (Å²) in [5, 5.41) is 2.55. The molecule has 48 heavy (non-hydrogen) atoms. The monoisotopic (exact) mass is 644 g/mol. The van der Waals surface area contributed by atoms with Crippen LogP contribution in [0.25, 0.3) is 101 Å². The van der Waals surface area contributed by atoms with Gasteiger partial charge in [0, 0.05) is 56.2 Å². The summed E-state index contributed by atoms with van der Waals surface area (Å²) in [5.41, 5.74) is 5.33. The molecule has 0 amide bonds. The molecule has 0 aliphatic carbocycles. The zero-order valence-electron chi connectivity index (χ0n) is 24.6. The van der Waals surface area contributed by atoms with Gasteiger partial charge in [-0.05, 0) is 12.1 Å². The lowest BCUT2D eigenvalue weighted by molar-refractivity contribution is 0.630. The molecule has 0 unspecified atom stereocenters. The van der Waals surface area contributed by atoms with Gasteiger partial charge in [-0.3, -0.25) is 0 Å². The van der Waals surface area contributed by atoms with E-state index in [2.05, 4.69) is 19.9 Å². The minimum absolute atomic E-state index is 0.134. The highest BCUT2D eigenvalue weighted by Crippen LogP contribution is 2.41. The van der Waals surface area contributed by atoms with E-state index in [0.717, 1.165) is 33.0 Å². The molecular formula is C36H18ClFN10. The van der Waals surface area contributed by atoms with Crippen molar-refractivity contribution in [3.05, 3.63) is 108 Å². The van der Waals surface area contributed by atoms with Gasteiger partial charge in [0.1, 0.15) is 28.4 Å². The van der Waals surface area contributed by atoms with E-state index < -0.39 is 5.82 Å². The lowest BCUT2D eigenvalue weighted by Gasteiger charge is -2.06. The van der Waals surface area contributed by atoms with Crippen molar-refractivity contribution in [2.45, 2.75) is 0 Å². The first kappa shape index (κ1) is 26.7. The van der Waals surface area contributed by atoms with Crippen LogP contribution in [0.1, 0.15) is 0 Å². The highest BCUT2D eigenvalue weighted by molar-refractivity contribution is 6.36. The molecule has 0 fully saturated rings. The molecule has 0 saturated carbocycles. The number of rotatable bonds is 1. The van der Waals surface area contributed by atoms with Gasteiger partial charge in [0.05, 0.1) is 10.6 Å². The molecule has 10 nitrogen and oxygen atoms in total. The third-order valence-corrected chi connectivity index (χ3v) is 8.89. The molecule has 6 heterocycles. The quantitative estimate of drug-likeness (QED) is 0.183. The van der Waals surface area contributed by atoms with E-state index in [-0.39, 0.29) is 16.4 Å². The van der Waals surface area contributed by atoms with Crippen molar-refractivity contribution in [1.82, 2.24) is 49.8 Å². The first-order valence-corrected chi connectivity index (χ1v) is 15.4. The molecule has 12 heteroatoms. The Morgan fingerprint density at radius 1 is 0.479 bits per heavy atom. The standard InChI is InChI=1S/C36H18ClFN10/c37-27-24(38)16-23-25(26(27)35-39-14-7-15-40-35)36-47-33-22-13-6-5-12-21(22)31(45-33)43-29-18-9-2-1-8-17(18)28(41-29)42-30-19-10-3-4-11-20(19)32(44-30)46-34(23)48-36/h1-16H,(H2,41,42,43,44,45,46,47,48). The minimum atomic E-state index is -0.650. The van der Waals surface area contributed by atoms with Gasteiger partial charge in [-0.1, -0.05) is 84.4 Å². The van der Waals surface area contributed by atoms with E-state index in [1.54, 1.807) is 18.5 Å². The Bertz CT molecular complexity index is 2830. The molecule has 8 bridgehead atoms. The predicted octanol–water partition coefficient (Wildman–Crippen LogP) is 8.12. The summed E-state index contributed by atoms with van der Waals surface area (Å²) >= 11 is 6.67. The van der Waals surface area contributed by atoms with Gasteiger partial charge in [0.2, 0.25) is 0 Å². The van der Waals surface area contributed by atoms with Crippen molar-refractivity contribution in [1.29, 1.82) is 0 Å². The van der Waals surface area contributed by atoms with Gasteiger partial charge in [-0.15, -0.1) is 0 Å². The summed E-state index contributed by atoms with van der Waals surface area (Å²) in [6, 6.07) is 26.4. The number of hydrogen-bond donors (Lipinski definition) is 2. The average Bonchev–Trinajstić information content (AvgIpc) is 3.85. The minimum Gasteiger partial charge on any atom is -0.324 e. The van der Waals surface area contributed by atoms with Gasteiger partial charge >= 0.3 is 0 Å². The van der Waals surface area contributed by atoms with Crippen LogP contribution in [-0.2, 0) is 0 Å². The molecule has 0 radical (unpaired) electrons. The zero-order valence-corrected chi connectivity index (χ0v) is 25.3. The smallest absolute Gasteiger partial charge is 0.164 e. The summed E-state index contributed by atoms with van der Waals surface area (Å²) in [7, 11) is 0. The second-order valence-electron chi connectivity index (χ2n) is 11.3. The number of aromatic nitrogens is 10. The van der Waals surface area contributed by atoms with Crippen LogP contribution in [0.3, 0.4) is 0 Å². The fourth-order valence-corrected chi connectivity index (χ4v) is 6.62. The second kappa shape index (κ2) is 10.0. The van der Waals surface area contributed by atoms with Gasteiger partial charge in [-0.25, -0.2) is 44.3 Å². The Morgan fingerprint density at radius 3 is 1.44 bits per heavy atom. The number of fused-ring (bicyclic) bond motifs is 20. The largest absolute Gasteiger partial charge is 0.324 e. The van der Waals surface area contributed by atoms with Crippen molar-refractivity contribution in [3.63, 3.8) is 0 Å². The van der Waals surface area contributed by atoms with Crippen LogP contribution in [0.15, 0.2) is 97.3 Å². The van der Waals surface area contributed by atoms with Gasteiger partial charge < -0.3 is 9.97 Å². The number of hydrogen-bond acceptors (Lipinski definition) is 8. The predicted molar refractivity (Wildman–Crippen MR) is 182 cm³/mol. The Hall–Kier alpha value is -6.46. The SMILES string of the molecule is Fc1cc2c3nc4nc(nc5[nH]c(nc6nc(nc([nH]3)c2c(-c2ncccn2)c1Cl)-c1ccccc1-6)c1ccccc51)-c1ccccc1-4. The van der Waals surface area contributed by atoms with Gasteiger partial charge in [0.25, 0.3) is 0 Å². The number of halogens is 2. The molecule has 0 atom stereocenters. The Labute approximate surface area is 274 Å². The topological polar surface area (TPSA) is 135 Å². The number of benzene rings is 4. The van der Waals surface area contributed by atoms with Crippen LogP contribution in [0.4, 0.5) is 4.39 Å². The summed E-state index contributed by atoms with van der Waals surface area (Å²) in [6.45, 7) is 0. The van der Waals surface area contributed by atoms with Gasteiger partial charge in [0.15, 0.2) is 29.1 Å². The molecule has 0 spiro atoms. The molecule has 2 N–H and O–H groups in total. The molecule has 0 saturated heterocycles. The van der Waals surface area contributed by atoms with E-state index >= 15 is 4.39 Å². The average molecular weight is 645 g/mol. The summed E-state index contributed by atoms with van der Waals surface area (Å²) < 4.78 is 15.6. The third kappa shape index (κ3) is 3.91. The highest BCUT2D eigenvalue weighted by Gasteiger charge is 2.25. The maximum absolute atomic E-state index is 15.6. The molecule has 10 rings (SSSR count). The van der Waals surface area contributed by atoms with Crippen LogP contribution in [-0.4, -0.2) is 49.8 Å². The van der Waals surface area contributed by atoms with Crippen LogP contribution >= 0.6 is 11.6 Å². The normalized spacial score (nSPS) is 12.0. The molecule has 8 aromatic rings. The third-order valence-electron chi connectivity index (χ3n) is 8.52. The molecule has 4 aromatic carbocycles. The fraction of sp³-hybridized carbons (Fsp3) is 0. The molecular weight excluding hydrogens is 627 g/mol. The van der Waals surface area contributed by atoms with Crippen molar-refractivity contribution in [2.24, 2.45) is 0 Å². The Balaban J connectivity index is 1.44. The van der Waals surface area contributed by atoms with Crippen LogP contribution in [0.5, 0.6) is 0 Å². The Morgan fingerprint density at radius 2 is 0.917 bits per heavy atom. The van der Waals surface area contributed by atoms with E-state index in [4.69, 9.17) is 41.5 Å². The van der Waals surface area contributed by atoms with E-state index in [1.165, 1.54) is 6.07 Å². The van der Waals surface area contributed by atoms with Crippen molar-refractivity contribution in [2.75, 3.05) is 0 Å². The van der Waals surface area contributed by atoms with Crippen LogP contribution in [0, 0.1) is 5.82 Å². The molecule has 2 aliphatic heterocycles. The molecule has 226 valence electrons. The fourth-order valence-electron chi connectivity index (χ4n) is 6.38. The second-order valence-corrected chi connectivity index (χ2v) is 11.7. The maximum atomic E-state index is 15.6. The van der Waals surface area contributed by atoms with Crippen LogP contribution in [0.2, 0.25) is 5.02 Å². The summed E-state index contributed by atoms with van der Waals surface area (Å²) in [4.78, 5) is 45.4. The lowest BCUT2D eigenvalue weighted by Crippen LogP contribution is -1.92. The molecule has 2 aliphatic rings. The zero-order chi connectivity index (χ0) is 31.9. The summed E-state index contributed by atoms with van der Waals surface area (Å²) in [5.74, 6) is 1.35. The number of aromatic amines is 2. The molecule has 4 aromatic heterocycles. The van der Waals surface area contributed by atoms with Crippen molar-refractivity contribution >= 4 is 55.7 Å². The summed E-state index contributed by atoms with van der Waals surface area (Å²) in [6.07, 6.45) is 3.15. The van der Waals surface area contributed by atoms with Crippen LogP contribution < -0.4 is 0 Å². The first-order chi connectivity index (χ1) is 23.6. The van der Waals surface area contributed by atoms with E-state index in [0.29, 0.717) is 56.7 Å². The van der Waals surface area contributed by atoms with Crippen molar-refractivity contribution < 1.29 is 4.39 Å². The Kier molecular flexibility index (Phi) is 5.58. The number of nitrogens with one attached hydrogen (secondary N) is 2. The lowest BCUT2D eigenvalue weighted by atomic mass is 10.1. The van der Waals surface area contributed by atoms with Gasteiger partial charge in [-0.2, -0.15) is 0 Å². The number of H-pyrrole nitrogens is 2. The van der Waals surface area contributed by atoms with E-state index in [9.17, 15) is 0 Å². The number of nitrogens with zero attached hydrogens (tertiary/aromatic N) is 8. The maximum Gasteiger partial charge on any atom is 0.164 e. The first-order valence-electron chi connectivity index (χ1n) is 15.0. The highest BCUT2D eigenvalue weighted by atomic mass is 35.5. The van der Waals surface area contributed by atoms with Crippen molar-refractivity contribution in [3.8, 4) is 56.9 Å².